The highest BCUT2D eigenvalue weighted by Crippen LogP contribution is 2.14. The summed E-state index contributed by atoms with van der Waals surface area (Å²) in [4.78, 5) is 24.2. The molecule has 0 amide bonds. The van der Waals surface area contributed by atoms with E-state index in [2.05, 4.69) is 16.3 Å². The molecule has 0 fully saturated rings. The third-order valence-corrected chi connectivity index (χ3v) is 3.25. The number of nitrogens with one attached hydrogen (secondary N) is 1. The molecule has 0 bridgehead atoms. The summed E-state index contributed by atoms with van der Waals surface area (Å²) in [5.41, 5.74) is 5.66. The molecule has 2 aromatic carbocycles. The molecule has 23 heavy (non-hydrogen) atoms. The SMILES string of the molecule is CN(C)Cc1cccc(OC/C=C\CNc2c(N)c(=O)c2=O)c1. The first-order valence-corrected chi connectivity index (χ1v) is 7.33. The summed E-state index contributed by atoms with van der Waals surface area (Å²) >= 11 is 0. The van der Waals surface area contributed by atoms with Gasteiger partial charge in [-0.05, 0) is 37.9 Å². The van der Waals surface area contributed by atoms with Gasteiger partial charge in [-0.15, -0.1) is 0 Å². The van der Waals surface area contributed by atoms with Crippen molar-refractivity contribution in [3.63, 3.8) is 0 Å². The predicted molar refractivity (Wildman–Crippen MR) is 92.7 cm³/mol. The van der Waals surface area contributed by atoms with Crippen LogP contribution >= 0.6 is 0 Å². The average Bonchev–Trinajstić information content (AvgIpc) is 2.53. The highest BCUT2D eigenvalue weighted by molar-refractivity contribution is 5.71. The van der Waals surface area contributed by atoms with E-state index in [0.29, 0.717) is 13.2 Å². The summed E-state index contributed by atoms with van der Waals surface area (Å²) in [6.07, 6.45) is 3.66. The topological polar surface area (TPSA) is 84.7 Å². The van der Waals surface area contributed by atoms with Crippen LogP contribution < -0.4 is 26.6 Å². The number of nitrogens with zero attached hydrogens (tertiary/aromatic N) is 1. The van der Waals surface area contributed by atoms with Crippen LogP contribution in [0.3, 0.4) is 0 Å². The van der Waals surface area contributed by atoms with Crippen molar-refractivity contribution in [3.8, 4) is 5.75 Å². The van der Waals surface area contributed by atoms with Crippen molar-refractivity contribution in [2.24, 2.45) is 0 Å². The fourth-order valence-electron chi connectivity index (χ4n) is 2.14. The Balaban J connectivity index is 1.75. The zero-order chi connectivity index (χ0) is 16.8. The Morgan fingerprint density at radius 1 is 1.22 bits per heavy atom. The Hall–Kier alpha value is -2.60. The number of nitrogen functional groups attached to an aromatic ring is 1. The maximum absolute atomic E-state index is 11.2. The van der Waals surface area contributed by atoms with E-state index < -0.39 is 10.9 Å². The molecule has 0 aliphatic heterocycles. The predicted octanol–water partition coefficient (Wildman–Crippen LogP) is 0.974. The molecule has 0 atom stereocenters. The van der Waals surface area contributed by atoms with Crippen LogP contribution in [0, 0.1) is 0 Å². The van der Waals surface area contributed by atoms with Gasteiger partial charge in [0.25, 0.3) is 10.9 Å². The highest BCUT2D eigenvalue weighted by atomic mass is 16.5. The van der Waals surface area contributed by atoms with Gasteiger partial charge >= 0.3 is 0 Å². The lowest BCUT2D eigenvalue weighted by Crippen LogP contribution is -2.37. The van der Waals surface area contributed by atoms with Crippen molar-refractivity contribution in [1.29, 1.82) is 0 Å². The van der Waals surface area contributed by atoms with Gasteiger partial charge < -0.3 is 20.7 Å². The third kappa shape index (κ3) is 4.43. The first kappa shape index (κ1) is 16.8. The second-order valence-corrected chi connectivity index (χ2v) is 5.50. The smallest absolute Gasteiger partial charge is 0.253 e. The van der Waals surface area contributed by atoms with E-state index in [-0.39, 0.29) is 11.4 Å². The van der Waals surface area contributed by atoms with E-state index in [1.54, 1.807) is 0 Å². The minimum Gasteiger partial charge on any atom is -0.490 e. The second kappa shape index (κ2) is 7.60. The van der Waals surface area contributed by atoms with E-state index >= 15 is 0 Å². The average molecular weight is 315 g/mol. The van der Waals surface area contributed by atoms with Crippen molar-refractivity contribution in [2.75, 3.05) is 38.3 Å². The normalized spacial score (nSPS) is 11.4. The molecule has 6 heteroatoms. The van der Waals surface area contributed by atoms with E-state index in [1.165, 1.54) is 5.56 Å². The van der Waals surface area contributed by atoms with Crippen molar-refractivity contribution in [3.05, 3.63) is 62.4 Å². The van der Waals surface area contributed by atoms with Crippen LogP contribution in [0.15, 0.2) is 46.0 Å². The van der Waals surface area contributed by atoms with Gasteiger partial charge in [-0.25, -0.2) is 0 Å². The monoisotopic (exact) mass is 315 g/mol. The summed E-state index contributed by atoms with van der Waals surface area (Å²) < 4.78 is 5.64. The minimum absolute atomic E-state index is 0.0114. The van der Waals surface area contributed by atoms with Crippen molar-refractivity contribution < 1.29 is 4.74 Å². The van der Waals surface area contributed by atoms with Crippen LogP contribution in [0.1, 0.15) is 5.56 Å². The lowest BCUT2D eigenvalue weighted by molar-refractivity contribution is 0.359. The summed E-state index contributed by atoms with van der Waals surface area (Å²) in [5.74, 6) is 0.814. The number of ether oxygens (including phenoxy) is 1. The Bertz CT molecular complexity index is 759. The molecular weight excluding hydrogens is 294 g/mol. The van der Waals surface area contributed by atoms with E-state index in [0.717, 1.165) is 12.3 Å². The summed E-state index contributed by atoms with van der Waals surface area (Å²) in [6.45, 7) is 1.70. The Kier molecular flexibility index (Phi) is 5.54. The number of hydrogen-bond acceptors (Lipinski definition) is 6. The molecule has 0 aromatic heterocycles. The molecular formula is C17H21N3O3. The van der Waals surface area contributed by atoms with Crippen LogP contribution in [0.4, 0.5) is 11.4 Å². The number of hydrogen-bond donors (Lipinski definition) is 2. The molecule has 0 saturated carbocycles. The first-order chi connectivity index (χ1) is 11.0. The van der Waals surface area contributed by atoms with Gasteiger partial charge in [0.15, 0.2) is 0 Å². The lowest BCUT2D eigenvalue weighted by Gasteiger charge is -2.11. The Morgan fingerprint density at radius 3 is 2.70 bits per heavy atom. The molecule has 2 aromatic rings. The molecule has 122 valence electrons. The molecule has 0 saturated heterocycles. The quantitative estimate of drug-likeness (QED) is 0.558. The van der Waals surface area contributed by atoms with Crippen LogP contribution in [0.5, 0.6) is 5.75 Å². The maximum Gasteiger partial charge on any atom is 0.253 e. The minimum atomic E-state index is -0.614. The standard InChI is InChI=1S/C17H21N3O3/c1-20(2)11-12-6-5-7-13(10-12)23-9-4-3-8-19-15-14(18)16(21)17(15)22/h3-7,10,19H,8-9,11,18H2,1-2H3/b4-3-. The number of rotatable bonds is 8. The molecule has 6 nitrogen and oxygen atoms in total. The van der Waals surface area contributed by atoms with E-state index in [1.807, 2.05) is 44.4 Å². The molecule has 0 aliphatic carbocycles. The van der Waals surface area contributed by atoms with Gasteiger partial charge in [-0.3, -0.25) is 9.59 Å². The van der Waals surface area contributed by atoms with Gasteiger partial charge in [-0.2, -0.15) is 0 Å². The number of nitrogens with two attached hydrogens (primary N) is 1. The van der Waals surface area contributed by atoms with Crippen LogP contribution in [0.25, 0.3) is 0 Å². The molecule has 0 spiro atoms. The fraction of sp³-hybridized carbons (Fsp3) is 0.294. The summed E-state index contributed by atoms with van der Waals surface area (Å²) in [6, 6.07) is 7.95. The zero-order valence-electron chi connectivity index (χ0n) is 13.3. The zero-order valence-corrected chi connectivity index (χ0v) is 13.3. The van der Waals surface area contributed by atoms with E-state index in [4.69, 9.17) is 10.5 Å². The van der Waals surface area contributed by atoms with Gasteiger partial charge in [-0.1, -0.05) is 18.2 Å². The maximum atomic E-state index is 11.2. The fourth-order valence-corrected chi connectivity index (χ4v) is 2.14. The van der Waals surface area contributed by atoms with Crippen molar-refractivity contribution >= 4 is 11.4 Å². The van der Waals surface area contributed by atoms with Crippen LogP contribution in [-0.4, -0.2) is 32.1 Å². The number of anilines is 2. The first-order valence-electron chi connectivity index (χ1n) is 7.33. The second-order valence-electron chi connectivity index (χ2n) is 5.50. The van der Waals surface area contributed by atoms with Gasteiger partial charge in [0.1, 0.15) is 23.7 Å². The molecule has 0 radical (unpaired) electrons. The van der Waals surface area contributed by atoms with Crippen LogP contribution in [0.2, 0.25) is 0 Å². The lowest BCUT2D eigenvalue weighted by atomic mass is 10.2. The summed E-state index contributed by atoms with van der Waals surface area (Å²) in [7, 11) is 4.04. The molecule has 0 unspecified atom stereocenters. The molecule has 0 heterocycles. The Labute approximate surface area is 134 Å². The molecule has 0 aliphatic rings. The molecule has 3 N–H and O–H groups in total. The Morgan fingerprint density at radius 2 is 2.00 bits per heavy atom. The van der Waals surface area contributed by atoms with Gasteiger partial charge in [0.2, 0.25) is 0 Å². The van der Waals surface area contributed by atoms with Crippen molar-refractivity contribution in [1.82, 2.24) is 4.90 Å². The van der Waals surface area contributed by atoms with E-state index in [9.17, 15) is 9.59 Å². The number of benzene rings is 1. The van der Waals surface area contributed by atoms with Gasteiger partial charge in [0.05, 0.1) is 0 Å². The van der Waals surface area contributed by atoms with Crippen molar-refractivity contribution in [2.45, 2.75) is 6.54 Å². The summed E-state index contributed by atoms with van der Waals surface area (Å²) in [5, 5.41) is 2.81. The highest BCUT2D eigenvalue weighted by Gasteiger charge is 2.16. The van der Waals surface area contributed by atoms with Gasteiger partial charge in [0, 0.05) is 13.1 Å². The van der Waals surface area contributed by atoms with Crippen LogP contribution in [-0.2, 0) is 6.54 Å². The molecule has 2 rings (SSSR count). The third-order valence-electron chi connectivity index (χ3n) is 3.25. The largest absolute Gasteiger partial charge is 0.490 e.